The van der Waals surface area contributed by atoms with Crippen LogP contribution in [0.4, 0.5) is 11.4 Å². The van der Waals surface area contributed by atoms with Crippen LogP contribution in [0.25, 0.3) is 22.0 Å². The molecule has 1 atom stereocenters. The molecular weight excluding hydrogens is 348 g/mol. The van der Waals surface area contributed by atoms with Crippen LogP contribution in [0.3, 0.4) is 0 Å². The third-order valence-corrected chi connectivity index (χ3v) is 5.72. The maximum Gasteiger partial charge on any atom is 0.226 e. The second kappa shape index (κ2) is 6.36. The fourth-order valence-corrected chi connectivity index (χ4v) is 4.21. The topological polar surface area (TPSA) is 59.0 Å². The molecule has 5 heteroatoms. The second-order valence-corrected chi connectivity index (χ2v) is 8.46. The van der Waals surface area contributed by atoms with Gasteiger partial charge in [-0.15, -0.1) is 0 Å². The Morgan fingerprint density at radius 2 is 2.00 bits per heavy atom. The Bertz CT molecular complexity index is 1080. The summed E-state index contributed by atoms with van der Waals surface area (Å²) >= 11 is 0. The van der Waals surface area contributed by atoms with Gasteiger partial charge in [0.25, 0.3) is 0 Å². The van der Waals surface area contributed by atoms with Crippen LogP contribution >= 0.6 is 0 Å². The minimum atomic E-state index is 0.0561. The number of hydrogen-bond donors (Lipinski definition) is 2. The van der Waals surface area contributed by atoms with Crippen molar-refractivity contribution in [2.45, 2.75) is 58.0 Å². The molecule has 2 aliphatic rings. The van der Waals surface area contributed by atoms with E-state index < -0.39 is 0 Å². The molecule has 2 heterocycles. The van der Waals surface area contributed by atoms with Crippen molar-refractivity contribution in [3.05, 3.63) is 42.1 Å². The second-order valence-electron chi connectivity index (χ2n) is 8.46. The van der Waals surface area contributed by atoms with Crippen LogP contribution in [0, 0.1) is 0 Å². The highest BCUT2D eigenvalue weighted by molar-refractivity contribution is 6.01. The number of rotatable bonds is 3. The maximum absolute atomic E-state index is 12.1. The van der Waals surface area contributed by atoms with E-state index in [1.807, 2.05) is 19.1 Å². The number of nitrogens with one attached hydrogen (secondary N) is 2. The van der Waals surface area contributed by atoms with Gasteiger partial charge in [0.05, 0.1) is 22.6 Å². The Kier molecular flexibility index (Phi) is 3.93. The number of aromatic nitrogens is 2. The number of para-hydroxylation sites is 1. The van der Waals surface area contributed by atoms with Crippen molar-refractivity contribution < 1.29 is 4.79 Å². The van der Waals surface area contributed by atoms with E-state index in [2.05, 4.69) is 53.4 Å². The number of benzene rings is 2. The molecular formula is C23H26N4O. The van der Waals surface area contributed by atoms with Gasteiger partial charge in [-0.1, -0.05) is 18.2 Å². The van der Waals surface area contributed by atoms with Gasteiger partial charge in [0.1, 0.15) is 0 Å². The SMILES string of the molecule is CC(C)n1nc(C2CC2)c2cc(-c3cccc4c3N[C@H](C)CC(=O)N4)ccc21. The molecule has 0 bridgehead atoms. The smallest absolute Gasteiger partial charge is 0.226 e. The van der Waals surface area contributed by atoms with Crippen LogP contribution in [0.5, 0.6) is 0 Å². The van der Waals surface area contributed by atoms with Gasteiger partial charge in [-0.05, 0) is 57.4 Å². The predicted octanol–water partition coefficient (Wildman–Crippen LogP) is 5.30. The molecule has 28 heavy (non-hydrogen) atoms. The first kappa shape index (κ1) is 17.3. The molecule has 1 aliphatic carbocycles. The van der Waals surface area contributed by atoms with Crippen molar-refractivity contribution in [2.75, 3.05) is 10.6 Å². The number of amides is 1. The first-order valence-corrected chi connectivity index (χ1v) is 10.2. The van der Waals surface area contributed by atoms with Crippen LogP contribution in [0.1, 0.15) is 57.7 Å². The zero-order chi connectivity index (χ0) is 19.4. The summed E-state index contributed by atoms with van der Waals surface area (Å²) in [6.45, 7) is 6.41. The van der Waals surface area contributed by atoms with E-state index >= 15 is 0 Å². The molecule has 0 spiro atoms. The monoisotopic (exact) mass is 374 g/mol. The van der Waals surface area contributed by atoms with Crippen LogP contribution in [-0.2, 0) is 4.79 Å². The van der Waals surface area contributed by atoms with Crippen LogP contribution in [0.15, 0.2) is 36.4 Å². The Morgan fingerprint density at radius 3 is 2.75 bits per heavy atom. The van der Waals surface area contributed by atoms with Gasteiger partial charge < -0.3 is 10.6 Å². The molecule has 144 valence electrons. The van der Waals surface area contributed by atoms with Crippen molar-refractivity contribution in [3.63, 3.8) is 0 Å². The molecule has 0 unspecified atom stereocenters. The minimum absolute atomic E-state index is 0.0561. The third-order valence-electron chi connectivity index (χ3n) is 5.72. The number of fused-ring (bicyclic) bond motifs is 2. The van der Waals surface area contributed by atoms with Gasteiger partial charge >= 0.3 is 0 Å². The lowest BCUT2D eigenvalue weighted by atomic mass is 9.99. The lowest BCUT2D eigenvalue weighted by molar-refractivity contribution is -0.116. The number of anilines is 2. The van der Waals surface area contributed by atoms with Gasteiger partial charge in [-0.25, -0.2) is 0 Å². The van der Waals surface area contributed by atoms with Crippen molar-refractivity contribution in [1.82, 2.24) is 9.78 Å². The predicted molar refractivity (Wildman–Crippen MR) is 114 cm³/mol. The highest BCUT2D eigenvalue weighted by Crippen LogP contribution is 2.44. The molecule has 1 aliphatic heterocycles. The number of carbonyl (C=O) groups excluding carboxylic acids is 1. The molecule has 1 amide bonds. The lowest BCUT2D eigenvalue weighted by Crippen LogP contribution is -2.19. The summed E-state index contributed by atoms with van der Waals surface area (Å²) in [5, 5.41) is 12.8. The number of carbonyl (C=O) groups is 1. The summed E-state index contributed by atoms with van der Waals surface area (Å²) in [5.74, 6) is 0.656. The van der Waals surface area contributed by atoms with Crippen molar-refractivity contribution in [1.29, 1.82) is 0 Å². The Morgan fingerprint density at radius 1 is 1.18 bits per heavy atom. The van der Waals surface area contributed by atoms with E-state index in [4.69, 9.17) is 5.10 Å². The van der Waals surface area contributed by atoms with Crippen LogP contribution in [-0.4, -0.2) is 21.7 Å². The zero-order valence-corrected chi connectivity index (χ0v) is 16.6. The molecule has 5 nitrogen and oxygen atoms in total. The van der Waals surface area contributed by atoms with Gasteiger partial charge in [0.15, 0.2) is 0 Å². The molecule has 3 aromatic rings. The summed E-state index contributed by atoms with van der Waals surface area (Å²) in [5.41, 5.74) is 6.58. The Balaban J connectivity index is 1.68. The molecule has 1 fully saturated rings. The summed E-state index contributed by atoms with van der Waals surface area (Å²) in [7, 11) is 0. The lowest BCUT2D eigenvalue weighted by Gasteiger charge is -2.17. The van der Waals surface area contributed by atoms with Crippen molar-refractivity contribution >= 4 is 28.2 Å². The molecule has 1 aromatic heterocycles. The fourth-order valence-electron chi connectivity index (χ4n) is 4.21. The average Bonchev–Trinajstić information content (AvgIpc) is 3.44. The van der Waals surface area contributed by atoms with Crippen LogP contribution in [0.2, 0.25) is 0 Å². The number of hydrogen-bond acceptors (Lipinski definition) is 3. The third kappa shape index (κ3) is 2.86. The summed E-state index contributed by atoms with van der Waals surface area (Å²) in [4.78, 5) is 12.1. The minimum Gasteiger partial charge on any atom is -0.380 e. The highest BCUT2D eigenvalue weighted by atomic mass is 16.1. The molecule has 0 radical (unpaired) electrons. The zero-order valence-electron chi connectivity index (χ0n) is 16.6. The molecule has 2 N–H and O–H groups in total. The van der Waals surface area contributed by atoms with Crippen LogP contribution < -0.4 is 10.6 Å². The number of nitrogens with zero attached hydrogens (tertiary/aromatic N) is 2. The summed E-state index contributed by atoms with van der Waals surface area (Å²) in [6, 6.07) is 13.2. The van der Waals surface area contributed by atoms with E-state index in [0.29, 0.717) is 18.4 Å². The standard InChI is InChI=1S/C23H26N4O/c1-13(2)27-20-10-9-16(12-18(20)22(26-27)15-7-8-15)17-5-4-6-19-23(17)24-14(3)11-21(28)25-19/h4-6,9-10,12-15,24H,7-8,11H2,1-3H3,(H,25,28)/t14-/m1/s1. The quantitative estimate of drug-likeness (QED) is 0.654. The molecule has 5 rings (SSSR count). The first-order valence-electron chi connectivity index (χ1n) is 10.2. The molecule has 2 aromatic carbocycles. The van der Waals surface area contributed by atoms with E-state index in [1.165, 1.54) is 29.4 Å². The first-order chi connectivity index (χ1) is 13.5. The molecule has 0 saturated heterocycles. The van der Waals surface area contributed by atoms with E-state index in [9.17, 15) is 4.79 Å². The van der Waals surface area contributed by atoms with Crippen molar-refractivity contribution in [3.8, 4) is 11.1 Å². The normalized spacial score (nSPS) is 19.3. The van der Waals surface area contributed by atoms with Gasteiger partial charge in [-0.2, -0.15) is 5.10 Å². The summed E-state index contributed by atoms with van der Waals surface area (Å²) < 4.78 is 2.15. The molecule has 1 saturated carbocycles. The fraction of sp³-hybridized carbons (Fsp3) is 0.391. The Labute approximate surface area is 165 Å². The van der Waals surface area contributed by atoms with Gasteiger partial charge in [0, 0.05) is 35.4 Å². The summed E-state index contributed by atoms with van der Waals surface area (Å²) in [6.07, 6.45) is 2.95. The largest absolute Gasteiger partial charge is 0.380 e. The van der Waals surface area contributed by atoms with E-state index in [0.717, 1.165) is 22.5 Å². The van der Waals surface area contributed by atoms with E-state index in [1.54, 1.807) is 0 Å². The Hall–Kier alpha value is -2.82. The van der Waals surface area contributed by atoms with E-state index in [-0.39, 0.29) is 11.9 Å². The van der Waals surface area contributed by atoms with Crippen molar-refractivity contribution in [2.24, 2.45) is 0 Å². The highest BCUT2D eigenvalue weighted by Gasteiger charge is 2.30. The average molecular weight is 374 g/mol. The van der Waals surface area contributed by atoms with Gasteiger partial charge in [-0.3, -0.25) is 9.48 Å². The van der Waals surface area contributed by atoms with Gasteiger partial charge in [0.2, 0.25) is 5.91 Å². The maximum atomic E-state index is 12.1.